The van der Waals surface area contributed by atoms with Gasteiger partial charge in [-0.3, -0.25) is 18.6 Å². The number of hydrogen-bond donors (Lipinski definition) is 1. The molecule has 0 bridgehead atoms. The molecule has 0 aliphatic carbocycles. The fourth-order valence-electron chi connectivity index (χ4n) is 2.10. The van der Waals surface area contributed by atoms with Gasteiger partial charge in [0.15, 0.2) is 6.10 Å². The third kappa shape index (κ3) is 17.6. The second-order valence-electron chi connectivity index (χ2n) is 7.97. The van der Waals surface area contributed by atoms with Crippen LogP contribution >= 0.6 is 7.82 Å². The molecule has 0 amide bonds. The Labute approximate surface area is 174 Å². The lowest BCUT2D eigenvalue weighted by Crippen LogP contribution is -2.37. The molecule has 0 heterocycles. The Kier molecular flexibility index (Phi) is 14.4. The second kappa shape index (κ2) is 14.9. The maximum absolute atomic E-state index is 12.0. The summed E-state index contributed by atoms with van der Waals surface area (Å²) in [6.45, 7) is 3.89. The minimum atomic E-state index is -4.31. The third-order valence-corrected chi connectivity index (χ3v) is 4.87. The number of ether oxygens (including phenoxy) is 2. The Morgan fingerprint density at radius 3 is 2.14 bits per heavy atom. The van der Waals surface area contributed by atoms with E-state index in [-0.39, 0.29) is 26.1 Å². The van der Waals surface area contributed by atoms with E-state index in [4.69, 9.17) is 18.5 Å². The molecule has 1 N–H and O–H groups in total. The van der Waals surface area contributed by atoms with Crippen molar-refractivity contribution in [2.75, 3.05) is 47.5 Å². The van der Waals surface area contributed by atoms with Gasteiger partial charge in [0.05, 0.1) is 27.7 Å². The lowest BCUT2D eigenvalue weighted by molar-refractivity contribution is -0.870. The van der Waals surface area contributed by atoms with Crippen LogP contribution in [-0.2, 0) is 32.7 Å². The van der Waals surface area contributed by atoms with Gasteiger partial charge in [0.2, 0.25) is 0 Å². The summed E-state index contributed by atoms with van der Waals surface area (Å²) >= 11 is 0. The predicted octanol–water partition coefficient (Wildman–Crippen LogP) is 3.05. The zero-order valence-corrected chi connectivity index (χ0v) is 19.4. The first-order valence-corrected chi connectivity index (χ1v) is 11.8. The minimum Gasteiger partial charge on any atom is -0.462 e. The van der Waals surface area contributed by atoms with Gasteiger partial charge in [-0.05, 0) is 12.8 Å². The molecule has 1 unspecified atom stereocenters. The van der Waals surface area contributed by atoms with E-state index >= 15 is 0 Å². The molecule has 0 aliphatic rings. The Hall–Kier alpha value is -0.990. The molecule has 0 rings (SSSR count). The Morgan fingerprint density at radius 1 is 0.931 bits per heavy atom. The van der Waals surface area contributed by atoms with Crippen LogP contribution in [0, 0.1) is 0 Å². The Balaban J connectivity index is 4.63. The zero-order chi connectivity index (χ0) is 22.3. The van der Waals surface area contributed by atoms with E-state index in [1.165, 1.54) is 0 Å². The van der Waals surface area contributed by atoms with Gasteiger partial charge in [-0.25, -0.2) is 4.57 Å². The van der Waals surface area contributed by atoms with Crippen LogP contribution in [0.5, 0.6) is 0 Å². The lowest BCUT2D eigenvalue weighted by Gasteiger charge is -2.24. The fourth-order valence-corrected chi connectivity index (χ4v) is 2.85. The second-order valence-corrected chi connectivity index (χ2v) is 9.42. The minimum absolute atomic E-state index is 0.0325. The average molecular weight is 440 g/mol. The molecule has 0 fully saturated rings. The summed E-state index contributed by atoms with van der Waals surface area (Å²) < 4.78 is 32.9. The number of unbranched alkanes of at least 4 members (excludes halogenated alkanes) is 3. The molecular weight excluding hydrogens is 401 g/mol. The summed E-state index contributed by atoms with van der Waals surface area (Å²) in [5.74, 6) is -0.874. The number of phosphoric ester groups is 1. The van der Waals surface area contributed by atoms with Crippen LogP contribution in [-0.4, -0.2) is 74.9 Å². The highest BCUT2D eigenvalue weighted by atomic mass is 31.2. The number of likely N-dealkylation sites (N-methyl/N-ethyl adjacent to an activating group) is 1. The SMILES string of the molecule is CCCCCC(=O)O[C@@H](COC(=O)CCCC)COP(=O)(O)OCC[N+](C)(C)C. The maximum atomic E-state index is 12.0. The number of hydrogen-bond acceptors (Lipinski definition) is 7. The van der Waals surface area contributed by atoms with Gasteiger partial charge in [-0.15, -0.1) is 0 Å². The van der Waals surface area contributed by atoms with Crippen molar-refractivity contribution < 1.29 is 42.1 Å². The summed E-state index contributed by atoms with van der Waals surface area (Å²) in [5, 5.41) is 0. The number of phosphoric acid groups is 1. The van der Waals surface area contributed by atoms with Crippen LogP contribution in [0.15, 0.2) is 0 Å². The van der Waals surface area contributed by atoms with E-state index < -0.39 is 32.5 Å². The summed E-state index contributed by atoms with van der Waals surface area (Å²) in [7, 11) is 1.46. The van der Waals surface area contributed by atoms with Gasteiger partial charge in [-0.1, -0.05) is 33.1 Å². The highest BCUT2D eigenvalue weighted by molar-refractivity contribution is 7.47. The highest BCUT2D eigenvalue weighted by Gasteiger charge is 2.26. The standard InChI is InChI=1S/C19H38NO8P/c1-6-8-10-12-19(22)28-17(15-25-18(21)11-9-7-2)16-27-29(23,24)26-14-13-20(3,4)5/h17H,6-16H2,1-5H3/p+1/t17-/m0/s1. The van der Waals surface area contributed by atoms with Gasteiger partial charge in [0.25, 0.3) is 0 Å². The van der Waals surface area contributed by atoms with E-state index in [9.17, 15) is 19.0 Å². The molecule has 10 heteroatoms. The normalized spacial score (nSPS) is 14.8. The monoisotopic (exact) mass is 440 g/mol. The van der Waals surface area contributed by atoms with Crippen molar-refractivity contribution in [3.8, 4) is 0 Å². The average Bonchev–Trinajstić information content (AvgIpc) is 2.61. The van der Waals surface area contributed by atoms with Gasteiger partial charge in [-0.2, -0.15) is 0 Å². The summed E-state index contributed by atoms with van der Waals surface area (Å²) in [6.07, 6.45) is 3.62. The summed E-state index contributed by atoms with van der Waals surface area (Å²) in [6, 6.07) is 0. The van der Waals surface area contributed by atoms with Gasteiger partial charge in [0.1, 0.15) is 19.8 Å². The first-order valence-electron chi connectivity index (χ1n) is 10.3. The van der Waals surface area contributed by atoms with E-state index in [0.717, 1.165) is 19.3 Å². The molecule has 0 aromatic rings. The maximum Gasteiger partial charge on any atom is 0.472 e. The smallest absolute Gasteiger partial charge is 0.462 e. The molecule has 0 saturated heterocycles. The Bertz CT molecular complexity index is 521. The topological polar surface area (TPSA) is 108 Å². The molecule has 0 radical (unpaired) electrons. The number of esters is 2. The molecule has 0 saturated carbocycles. The molecule has 172 valence electrons. The van der Waals surface area contributed by atoms with E-state index in [1.54, 1.807) is 0 Å². The molecule has 0 aliphatic heterocycles. The van der Waals surface area contributed by atoms with Crippen molar-refractivity contribution >= 4 is 19.8 Å². The van der Waals surface area contributed by atoms with Crippen LogP contribution in [0.2, 0.25) is 0 Å². The van der Waals surface area contributed by atoms with Gasteiger partial charge in [0, 0.05) is 12.8 Å². The van der Waals surface area contributed by atoms with E-state index in [2.05, 4.69) is 0 Å². The lowest BCUT2D eigenvalue weighted by atomic mass is 10.2. The van der Waals surface area contributed by atoms with Gasteiger partial charge < -0.3 is 18.9 Å². The van der Waals surface area contributed by atoms with Crippen LogP contribution in [0.25, 0.3) is 0 Å². The van der Waals surface area contributed by atoms with Crippen molar-refractivity contribution in [2.45, 2.75) is 64.9 Å². The van der Waals surface area contributed by atoms with Crippen LogP contribution in [0.1, 0.15) is 58.8 Å². The molecule has 29 heavy (non-hydrogen) atoms. The van der Waals surface area contributed by atoms with Crippen molar-refractivity contribution in [1.29, 1.82) is 0 Å². The van der Waals surface area contributed by atoms with Crippen LogP contribution in [0.4, 0.5) is 0 Å². The molecule has 0 spiro atoms. The van der Waals surface area contributed by atoms with Crippen molar-refractivity contribution in [3.63, 3.8) is 0 Å². The first kappa shape index (κ1) is 28.0. The van der Waals surface area contributed by atoms with E-state index in [1.807, 2.05) is 35.0 Å². The summed E-state index contributed by atoms with van der Waals surface area (Å²) in [5.41, 5.74) is 0. The quantitative estimate of drug-likeness (QED) is 0.159. The number of quaternary nitrogens is 1. The summed E-state index contributed by atoms with van der Waals surface area (Å²) in [4.78, 5) is 33.5. The number of nitrogens with zero attached hydrogens (tertiary/aromatic N) is 1. The zero-order valence-electron chi connectivity index (χ0n) is 18.6. The van der Waals surface area contributed by atoms with E-state index in [0.29, 0.717) is 23.9 Å². The number of carbonyl (C=O) groups is 2. The molecule has 9 nitrogen and oxygen atoms in total. The van der Waals surface area contributed by atoms with Crippen molar-refractivity contribution in [2.24, 2.45) is 0 Å². The highest BCUT2D eigenvalue weighted by Crippen LogP contribution is 2.43. The van der Waals surface area contributed by atoms with Gasteiger partial charge >= 0.3 is 19.8 Å². The van der Waals surface area contributed by atoms with Crippen LogP contribution in [0.3, 0.4) is 0 Å². The molecule has 0 aromatic carbocycles. The molecular formula is C19H39NO8P+. The number of carbonyl (C=O) groups excluding carboxylic acids is 2. The van der Waals surface area contributed by atoms with Crippen molar-refractivity contribution in [3.05, 3.63) is 0 Å². The predicted molar refractivity (Wildman–Crippen MR) is 109 cm³/mol. The Morgan fingerprint density at radius 2 is 1.55 bits per heavy atom. The largest absolute Gasteiger partial charge is 0.472 e. The third-order valence-electron chi connectivity index (χ3n) is 3.89. The van der Waals surface area contributed by atoms with Crippen LogP contribution < -0.4 is 0 Å². The number of rotatable bonds is 17. The molecule has 0 aromatic heterocycles. The van der Waals surface area contributed by atoms with Crippen molar-refractivity contribution in [1.82, 2.24) is 0 Å². The molecule has 2 atom stereocenters. The first-order chi connectivity index (χ1) is 13.5. The fraction of sp³-hybridized carbons (Fsp3) is 0.895.